The van der Waals surface area contributed by atoms with Gasteiger partial charge in [-0.1, -0.05) is 178 Å². The third kappa shape index (κ3) is 28.4. The van der Waals surface area contributed by atoms with Crippen LogP contribution in [0.1, 0.15) is 113 Å². The Bertz CT molecular complexity index is 7100. The van der Waals surface area contributed by atoms with Gasteiger partial charge in [0.25, 0.3) is 22.2 Å². The monoisotopic (exact) mass is 1970 g/mol. The molecule has 1 aliphatic rings. The van der Waals surface area contributed by atoms with E-state index in [1.54, 1.807) is 64.2 Å². The van der Waals surface area contributed by atoms with Gasteiger partial charge in [-0.15, -0.1) is 0 Å². The molecule has 146 heavy (non-hydrogen) atoms. The molecular weight excluding hydrogens is 1840 g/mol. The standard InChI is InChI=1S/C31H31N5O2.C30H36N6O2.C29H35N5O3.C25H35N5O3/c1-3-35(4-2)17-18-38-26-15-16-29(33-22-26)34-30-20-28-24(21-32-30)19-27(23-11-7-5-8-12-23)31(37)36(28)25-13-9-6-10-14-25;1-4-35(5-2)15-16-38-25-11-12-28(32-20-25)33-29-18-27-23(19-31-29)17-26(22-9-7-6-8-10-22)30(37)36(27)24-13-14-34(3)21-24;1-4-33(5-2)14-16-37-24-11-12-27(31-20-24)32-28-18-26-23(19-30-28)17-25(22-9-7-6-8-10-22)29(36)34(26)21(3)13-15-35;1-6-29(7-2)10-13-33-20-8-9-23(27-17-20)28-24-15-22-19(16-26-24)14-21(18(3)4)25(31)30(22)11-12-32-5/h5-16,19-22H,3-4,17-18H2,1-2H3,(H,32,33,34);6-12,17-20,24H,4-5,13-16,21H2,1-3H3,(H,31,32,33);6-12,17-21,35H,4-5,13-16H2,1-3H3,(H,30,31,32);8-9,14-18H,6-7,10-13H2,1-5H3,(H,26,27,28). The summed E-state index contributed by atoms with van der Waals surface area (Å²) in [5.74, 6) is 8.06. The fourth-order valence-electron chi connectivity index (χ4n) is 17.6. The van der Waals surface area contributed by atoms with Crippen molar-refractivity contribution in [1.29, 1.82) is 0 Å². The van der Waals surface area contributed by atoms with E-state index in [2.05, 4.69) is 148 Å². The van der Waals surface area contributed by atoms with Crippen molar-refractivity contribution in [3.05, 3.63) is 315 Å². The second kappa shape index (κ2) is 53.6. The molecule has 5 N–H and O–H groups in total. The highest BCUT2D eigenvalue weighted by Crippen LogP contribution is 2.34. The largest absolute Gasteiger partial charge is 0.491 e. The Morgan fingerprint density at radius 3 is 1.08 bits per heavy atom. The smallest absolute Gasteiger partial charge is 0.263 e. The number of benzene rings is 4. The molecule has 0 aliphatic carbocycles. The van der Waals surface area contributed by atoms with E-state index in [0.29, 0.717) is 115 Å². The number of likely N-dealkylation sites (N-methyl/N-ethyl adjacent to an activating group) is 5. The fraction of sp³-hybridized carbons (Fsp3) is 0.339. The second-order valence-corrected chi connectivity index (χ2v) is 35.9. The Labute approximate surface area is 854 Å². The van der Waals surface area contributed by atoms with E-state index < -0.39 is 0 Å². The number of nitrogens with one attached hydrogen (secondary N) is 4. The number of fused-ring (bicyclic) bond motifs is 4. The molecule has 31 heteroatoms. The molecule has 1 saturated heterocycles. The normalized spacial score (nSPS) is 12.7. The van der Waals surface area contributed by atoms with Crippen molar-refractivity contribution in [2.45, 2.75) is 114 Å². The third-order valence-electron chi connectivity index (χ3n) is 26.1. The first-order valence-corrected chi connectivity index (χ1v) is 50.7. The quantitative estimate of drug-likeness (QED) is 0.0237. The van der Waals surface area contributed by atoms with E-state index in [1.807, 2.05) is 250 Å². The maximum Gasteiger partial charge on any atom is 0.263 e. The van der Waals surface area contributed by atoms with Gasteiger partial charge < -0.3 is 88.3 Å². The molecule has 4 aromatic carbocycles. The van der Waals surface area contributed by atoms with Gasteiger partial charge in [0, 0.05) is 158 Å². The van der Waals surface area contributed by atoms with E-state index in [-0.39, 0.29) is 46.8 Å². The second-order valence-electron chi connectivity index (χ2n) is 35.9. The van der Waals surface area contributed by atoms with Gasteiger partial charge in [0.2, 0.25) is 0 Å². The average Bonchev–Trinajstić information content (AvgIpc) is 1.00. The van der Waals surface area contributed by atoms with Crippen LogP contribution in [-0.4, -0.2) is 233 Å². The zero-order valence-corrected chi connectivity index (χ0v) is 86.1. The van der Waals surface area contributed by atoms with Crippen LogP contribution in [0.15, 0.2) is 287 Å². The van der Waals surface area contributed by atoms with Gasteiger partial charge in [0.15, 0.2) is 0 Å². The molecule has 0 spiro atoms. The number of pyridine rings is 12. The van der Waals surface area contributed by atoms with Crippen LogP contribution >= 0.6 is 0 Å². The number of aliphatic hydroxyl groups is 1. The molecule has 31 nitrogen and oxygen atoms in total. The van der Waals surface area contributed by atoms with Crippen LogP contribution in [0.25, 0.3) is 82.7 Å². The van der Waals surface area contributed by atoms with Gasteiger partial charge >= 0.3 is 0 Å². The molecule has 12 aromatic heterocycles. The molecule has 0 radical (unpaired) electrons. The van der Waals surface area contributed by atoms with Gasteiger partial charge in [0.1, 0.15) is 96.0 Å². The van der Waals surface area contributed by atoms with E-state index in [0.717, 1.165) is 187 Å². The molecule has 762 valence electrons. The van der Waals surface area contributed by atoms with E-state index in [1.165, 1.54) is 0 Å². The fourth-order valence-corrected chi connectivity index (χ4v) is 17.6. The van der Waals surface area contributed by atoms with Gasteiger partial charge in [-0.25, -0.2) is 39.9 Å². The zero-order chi connectivity index (χ0) is 103. The summed E-state index contributed by atoms with van der Waals surface area (Å²) in [6.07, 6.45) is 15.4. The summed E-state index contributed by atoms with van der Waals surface area (Å²) < 4.78 is 35.8. The summed E-state index contributed by atoms with van der Waals surface area (Å²) in [5.41, 5.74) is 9.22. The maximum absolute atomic E-state index is 13.8. The van der Waals surface area contributed by atoms with Crippen molar-refractivity contribution in [3.8, 4) is 62.1 Å². The van der Waals surface area contributed by atoms with E-state index >= 15 is 0 Å². The van der Waals surface area contributed by atoms with Crippen LogP contribution in [0, 0.1) is 0 Å². The lowest BCUT2D eigenvalue weighted by atomic mass is 10.0. The Morgan fingerprint density at radius 2 is 0.719 bits per heavy atom. The average molecular weight is 1970 g/mol. The van der Waals surface area contributed by atoms with E-state index in [9.17, 15) is 24.3 Å². The minimum absolute atomic E-state index is 0.00584. The van der Waals surface area contributed by atoms with Crippen molar-refractivity contribution >= 4 is 90.2 Å². The van der Waals surface area contributed by atoms with Crippen LogP contribution < -0.4 is 62.5 Å². The van der Waals surface area contributed by atoms with Gasteiger partial charge in [-0.05, 0) is 193 Å². The minimum Gasteiger partial charge on any atom is -0.491 e. The topological polar surface area (TPSA) is 322 Å². The lowest BCUT2D eigenvalue weighted by Crippen LogP contribution is -2.28. The minimum atomic E-state index is -0.190. The number of aliphatic hydroxyl groups excluding tert-OH is 1. The van der Waals surface area contributed by atoms with Crippen LogP contribution in [0.4, 0.5) is 46.5 Å². The van der Waals surface area contributed by atoms with Crippen molar-refractivity contribution in [2.75, 3.05) is 167 Å². The molecule has 0 amide bonds. The van der Waals surface area contributed by atoms with Crippen LogP contribution in [0.3, 0.4) is 0 Å². The Kier molecular flexibility index (Phi) is 39.2. The highest BCUT2D eigenvalue weighted by Gasteiger charge is 2.27. The molecule has 1 fully saturated rings. The van der Waals surface area contributed by atoms with Gasteiger partial charge in [0.05, 0.1) is 59.5 Å². The number of hydrogen-bond donors (Lipinski definition) is 5. The number of para-hydroxylation sites is 1. The summed E-state index contributed by atoms with van der Waals surface area (Å²) >= 11 is 0. The van der Waals surface area contributed by atoms with Crippen molar-refractivity contribution in [2.24, 2.45) is 0 Å². The summed E-state index contributed by atoms with van der Waals surface area (Å²) in [6.45, 7) is 40.0. The summed E-state index contributed by atoms with van der Waals surface area (Å²) in [7, 11) is 3.74. The number of rotatable bonds is 44. The SMILES string of the molecule is CCN(CC)CCOc1ccc(Nc2cc3c(cn2)cc(-c2ccccc2)c(=O)n3-c2ccccc2)nc1.CCN(CC)CCOc1ccc(Nc2cc3c(cn2)cc(-c2ccccc2)c(=O)n3C(C)CCO)nc1.CCN(CC)CCOc1ccc(Nc2cc3c(cn2)cc(-c2ccccc2)c(=O)n3C2CCN(C)C2)nc1.CCN(CC)CCOc1ccc(Nc2cc3c(cn2)cc(C(C)C)c(=O)n3CCOC)nc1. The predicted molar refractivity (Wildman–Crippen MR) is 588 cm³/mol. The molecule has 13 heterocycles. The molecule has 2 unspecified atom stereocenters. The van der Waals surface area contributed by atoms with Gasteiger partial charge in [-0.3, -0.25) is 23.7 Å². The first kappa shape index (κ1) is 107. The van der Waals surface area contributed by atoms with E-state index in [4.69, 9.17) is 23.7 Å². The summed E-state index contributed by atoms with van der Waals surface area (Å²) in [4.78, 5) is 102. The molecule has 0 bridgehead atoms. The first-order chi connectivity index (χ1) is 71.2. The zero-order valence-electron chi connectivity index (χ0n) is 86.1. The maximum atomic E-state index is 13.8. The lowest BCUT2D eigenvalue weighted by molar-refractivity contribution is 0.187. The Balaban J connectivity index is 0.000000154. The molecular formula is C115H137N21O10. The summed E-state index contributed by atoms with van der Waals surface area (Å²) in [5, 5.41) is 26.1. The predicted octanol–water partition coefficient (Wildman–Crippen LogP) is 19.6. The number of anilines is 8. The molecule has 1 aliphatic heterocycles. The number of ether oxygens (including phenoxy) is 5. The van der Waals surface area contributed by atoms with Crippen LogP contribution in [0.2, 0.25) is 0 Å². The third-order valence-corrected chi connectivity index (χ3v) is 26.1. The molecule has 16 aromatic rings. The van der Waals surface area contributed by atoms with Crippen molar-refractivity contribution in [1.82, 2.24) is 82.6 Å². The van der Waals surface area contributed by atoms with Crippen LogP contribution in [-0.2, 0) is 11.3 Å². The Morgan fingerprint density at radius 1 is 0.377 bits per heavy atom. The van der Waals surface area contributed by atoms with Crippen molar-refractivity contribution < 1.29 is 28.8 Å². The summed E-state index contributed by atoms with van der Waals surface area (Å²) in [6, 6.07) is 69.1. The highest BCUT2D eigenvalue weighted by molar-refractivity contribution is 5.90. The Hall–Kier alpha value is -15.0. The molecule has 0 saturated carbocycles. The molecule has 17 rings (SSSR count). The highest BCUT2D eigenvalue weighted by atomic mass is 16.5. The van der Waals surface area contributed by atoms with Crippen molar-refractivity contribution in [3.63, 3.8) is 0 Å². The number of aromatic nitrogens is 12. The first-order valence-electron chi connectivity index (χ1n) is 50.7. The number of likely N-dealkylation sites (tertiary alicyclic amines) is 1. The van der Waals surface area contributed by atoms with Gasteiger partial charge in [-0.2, -0.15) is 0 Å². The number of nitrogens with zero attached hydrogens (tertiary/aromatic N) is 17. The number of hydrogen-bond acceptors (Lipinski definition) is 27. The van der Waals surface area contributed by atoms with Crippen LogP contribution in [0.5, 0.6) is 23.0 Å². The lowest BCUT2D eigenvalue weighted by Gasteiger charge is -2.20. The number of methoxy groups -OCH3 is 1. The molecule has 2 atom stereocenters.